The molecule has 108 valence electrons. The van der Waals surface area contributed by atoms with Gasteiger partial charge in [0, 0.05) is 12.0 Å². The van der Waals surface area contributed by atoms with Gasteiger partial charge in [0.1, 0.15) is 11.6 Å². The zero-order valence-corrected chi connectivity index (χ0v) is 12.1. The predicted octanol–water partition coefficient (Wildman–Crippen LogP) is 3.15. The number of methoxy groups -OCH3 is 1. The maximum atomic E-state index is 5.48. The van der Waals surface area contributed by atoms with E-state index in [1.54, 1.807) is 7.11 Å². The third-order valence-electron chi connectivity index (χ3n) is 3.38. The summed E-state index contributed by atoms with van der Waals surface area (Å²) < 4.78 is 5.24. The average Bonchev–Trinajstić information content (AvgIpc) is 2.96. The van der Waals surface area contributed by atoms with Gasteiger partial charge in [-0.1, -0.05) is 25.0 Å². The van der Waals surface area contributed by atoms with Gasteiger partial charge in [-0.3, -0.25) is 0 Å². The normalized spacial score (nSPS) is 10.7. The van der Waals surface area contributed by atoms with Gasteiger partial charge in [0.15, 0.2) is 0 Å². The van der Waals surface area contributed by atoms with E-state index in [1.807, 2.05) is 24.4 Å². The van der Waals surface area contributed by atoms with Crippen LogP contribution in [0.2, 0.25) is 0 Å². The summed E-state index contributed by atoms with van der Waals surface area (Å²) in [4.78, 5) is 7.83. The van der Waals surface area contributed by atoms with Crippen LogP contribution in [0, 0.1) is 0 Å². The predicted molar refractivity (Wildman–Crippen MR) is 81.8 cm³/mol. The Morgan fingerprint density at radius 2 is 2.05 bits per heavy atom. The number of benzene rings is 1. The van der Waals surface area contributed by atoms with E-state index >= 15 is 0 Å². The molecule has 4 nitrogen and oxygen atoms in total. The van der Waals surface area contributed by atoms with Crippen LogP contribution in [0.1, 0.15) is 31.5 Å². The molecule has 0 aliphatic carbocycles. The second kappa shape index (κ2) is 7.70. The Kier molecular flexibility index (Phi) is 5.62. The molecule has 0 aliphatic rings. The number of aromatic nitrogens is 2. The number of rotatable bonds is 8. The second-order valence-electron chi connectivity index (χ2n) is 4.93. The van der Waals surface area contributed by atoms with Crippen LogP contribution >= 0.6 is 0 Å². The van der Waals surface area contributed by atoms with E-state index in [2.05, 4.69) is 16.0 Å². The van der Waals surface area contributed by atoms with E-state index in [4.69, 9.17) is 10.5 Å². The van der Waals surface area contributed by atoms with Crippen molar-refractivity contribution in [2.75, 3.05) is 13.7 Å². The lowest BCUT2D eigenvalue weighted by Gasteiger charge is -2.02. The topological polar surface area (TPSA) is 63.9 Å². The molecule has 0 atom stereocenters. The molecule has 0 spiro atoms. The van der Waals surface area contributed by atoms with Gasteiger partial charge >= 0.3 is 0 Å². The van der Waals surface area contributed by atoms with Crippen molar-refractivity contribution in [2.24, 2.45) is 5.73 Å². The fourth-order valence-corrected chi connectivity index (χ4v) is 2.22. The first-order valence-electron chi connectivity index (χ1n) is 7.22. The number of imidazole rings is 1. The Morgan fingerprint density at radius 1 is 1.20 bits per heavy atom. The van der Waals surface area contributed by atoms with Crippen LogP contribution in [-0.4, -0.2) is 23.6 Å². The van der Waals surface area contributed by atoms with Gasteiger partial charge in [0.2, 0.25) is 0 Å². The molecule has 0 saturated carbocycles. The van der Waals surface area contributed by atoms with Gasteiger partial charge in [0.25, 0.3) is 0 Å². The van der Waals surface area contributed by atoms with Crippen molar-refractivity contribution in [1.82, 2.24) is 9.97 Å². The summed E-state index contributed by atoms with van der Waals surface area (Å²) in [5, 5.41) is 0. The largest absolute Gasteiger partial charge is 0.497 e. The molecule has 0 aliphatic heterocycles. The Bertz CT molecular complexity index is 522. The smallest absolute Gasteiger partial charge is 0.119 e. The van der Waals surface area contributed by atoms with E-state index in [-0.39, 0.29) is 0 Å². The standard InChI is InChI=1S/C16H23N3O/c1-20-14-8-6-7-13(11-14)15-12-18-16(19-15)9-4-2-3-5-10-17/h6-8,11-12H,2-5,9-10,17H2,1H3,(H,18,19). The van der Waals surface area contributed by atoms with Crippen molar-refractivity contribution in [2.45, 2.75) is 32.1 Å². The summed E-state index contributed by atoms with van der Waals surface area (Å²) in [6.07, 6.45) is 7.59. The van der Waals surface area contributed by atoms with Gasteiger partial charge in [-0.25, -0.2) is 4.98 Å². The van der Waals surface area contributed by atoms with Crippen LogP contribution in [0.5, 0.6) is 5.75 Å². The molecule has 0 fully saturated rings. The minimum Gasteiger partial charge on any atom is -0.497 e. The average molecular weight is 273 g/mol. The summed E-state index contributed by atoms with van der Waals surface area (Å²) in [6.45, 7) is 0.792. The number of unbranched alkanes of at least 4 members (excludes halogenated alkanes) is 3. The lowest BCUT2D eigenvalue weighted by Crippen LogP contribution is -1.98. The number of H-pyrrole nitrogens is 1. The van der Waals surface area contributed by atoms with Gasteiger partial charge < -0.3 is 15.5 Å². The van der Waals surface area contributed by atoms with Crippen LogP contribution in [0.3, 0.4) is 0 Å². The monoisotopic (exact) mass is 273 g/mol. The highest BCUT2D eigenvalue weighted by atomic mass is 16.5. The molecule has 0 unspecified atom stereocenters. The number of nitrogens with two attached hydrogens (primary N) is 1. The number of ether oxygens (including phenoxy) is 1. The number of hydrogen-bond donors (Lipinski definition) is 2. The molecule has 20 heavy (non-hydrogen) atoms. The number of nitrogens with zero attached hydrogens (tertiary/aromatic N) is 1. The highest BCUT2D eigenvalue weighted by Gasteiger charge is 2.04. The molecule has 2 aromatic rings. The molecule has 2 rings (SSSR count). The number of aromatic amines is 1. The molecule has 0 bridgehead atoms. The van der Waals surface area contributed by atoms with Crippen molar-refractivity contribution in [1.29, 1.82) is 0 Å². The zero-order valence-electron chi connectivity index (χ0n) is 12.1. The van der Waals surface area contributed by atoms with Crippen molar-refractivity contribution >= 4 is 0 Å². The highest BCUT2D eigenvalue weighted by Crippen LogP contribution is 2.22. The van der Waals surface area contributed by atoms with Crippen LogP contribution in [0.4, 0.5) is 0 Å². The highest BCUT2D eigenvalue weighted by molar-refractivity contribution is 5.60. The summed E-state index contributed by atoms with van der Waals surface area (Å²) >= 11 is 0. The number of nitrogens with one attached hydrogen (secondary N) is 1. The van der Waals surface area contributed by atoms with Gasteiger partial charge in [-0.05, 0) is 31.5 Å². The Hall–Kier alpha value is -1.81. The first-order valence-corrected chi connectivity index (χ1v) is 7.22. The number of hydrogen-bond acceptors (Lipinski definition) is 3. The van der Waals surface area contributed by atoms with E-state index in [0.717, 1.165) is 48.6 Å². The minimum absolute atomic E-state index is 0.792. The molecular formula is C16H23N3O. The maximum absolute atomic E-state index is 5.48. The lowest BCUT2D eigenvalue weighted by atomic mass is 10.1. The third kappa shape index (κ3) is 4.10. The Balaban J connectivity index is 1.91. The summed E-state index contributed by atoms with van der Waals surface area (Å²) in [6, 6.07) is 8.00. The quantitative estimate of drug-likeness (QED) is 0.726. The SMILES string of the molecule is COc1cccc(-c2cnc(CCCCCCN)[nH]2)c1. The van der Waals surface area contributed by atoms with E-state index in [1.165, 1.54) is 12.8 Å². The molecule has 0 saturated heterocycles. The van der Waals surface area contributed by atoms with Crippen LogP contribution in [0.25, 0.3) is 11.3 Å². The first kappa shape index (κ1) is 14.6. The maximum Gasteiger partial charge on any atom is 0.119 e. The fourth-order valence-electron chi connectivity index (χ4n) is 2.22. The molecular weight excluding hydrogens is 250 g/mol. The van der Waals surface area contributed by atoms with Gasteiger partial charge in [0.05, 0.1) is 19.0 Å². The summed E-state index contributed by atoms with van der Waals surface area (Å²) in [7, 11) is 1.68. The van der Waals surface area contributed by atoms with E-state index in [9.17, 15) is 0 Å². The lowest BCUT2D eigenvalue weighted by molar-refractivity contribution is 0.415. The first-order chi connectivity index (χ1) is 9.83. The molecule has 0 radical (unpaired) electrons. The van der Waals surface area contributed by atoms with Crippen molar-refractivity contribution in [3.8, 4) is 17.0 Å². The summed E-state index contributed by atoms with van der Waals surface area (Å²) in [5.41, 5.74) is 7.63. The van der Waals surface area contributed by atoms with E-state index < -0.39 is 0 Å². The Labute approximate surface area is 120 Å². The molecule has 3 N–H and O–H groups in total. The Morgan fingerprint density at radius 3 is 2.85 bits per heavy atom. The van der Waals surface area contributed by atoms with Crippen molar-refractivity contribution in [3.63, 3.8) is 0 Å². The third-order valence-corrected chi connectivity index (χ3v) is 3.38. The van der Waals surface area contributed by atoms with Gasteiger partial charge in [-0.15, -0.1) is 0 Å². The van der Waals surface area contributed by atoms with Crippen LogP contribution in [-0.2, 0) is 6.42 Å². The molecule has 4 heteroatoms. The molecule has 0 amide bonds. The zero-order chi connectivity index (χ0) is 14.2. The van der Waals surface area contributed by atoms with Crippen LogP contribution in [0.15, 0.2) is 30.5 Å². The minimum atomic E-state index is 0.792. The molecule has 1 heterocycles. The second-order valence-corrected chi connectivity index (χ2v) is 4.93. The fraction of sp³-hybridized carbons (Fsp3) is 0.438. The van der Waals surface area contributed by atoms with Crippen molar-refractivity contribution < 1.29 is 4.74 Å². The molecule has 1 aromatic heterocycles. The van der Waals surface area contributed by atoms with Crippen LogP contribution < -0.4 is 10.5 Å². The summed E-state index contributed by atoms with van der Waals surface area (Å²) in [5.74, 6) is 1.91. The van der Waals surface area contributed by atoms with E-state index in [0.29, 0.717) is 0 Å². The number of aryl methyl sites for hydroxylation is 1. The van der Waals surface area contributed by atoms with Gasteiger partial charge in [-0.2, -0.15) is 0 Å². The van der Waals surface area contributed by atoms with Crippen molar-refractivity contribution in [3.05, 3.63) is 36.3 Å². The molecule has 1 aromatic carbocycles.